The van der Waals surface area contributed by atoms with Crippen LogP contribution in [0.15, 0.2) is 30.3 Å². The normalized spacial score (nSPS) is 15.5. The lowest BCUT2D eigenvalue weighted by Crippen LogP contribution is -2.46. The van der Waals surface area contributed by atoms with Crippen molar-refractivity contribution in [3.8, 4) is 0 Å². The van der Waals surface area contributed by atoms with Crippen LogP contribution in [0.1, 0.15) is 12.7 Å². The second-order valence-electron chi connectivity index (χ2n) is 5.66. The van der Waals surface area contributed by atoms with Gasteiger partial charge in [-0.3, -0.25) is 9.69 Å². The van der Waals surface area contributed by atoms with E-state index in [1.54, 1.807) is 6.92 Å². The van der Waals surface area contributed by atoms with Gasteiger partial charge in [-0.25, -0.2) is 4.68 Å². The molecule has 0 bridgehead atoms. The van der Waals surface area contributed by atoms with Crippen LogP contribution in [0.25, 0.3) is 0 Å². The Balaban J connectivity index is 1.53. The van der Waals surface area contributed by atoms with Gasteiger partial charge in [-0.15, -0.1) is 5.10 Å². The number of piperazine rings is 1. The second kappa shape index (κ2) is 7.87. The summed E-state index contributed by atoms with van der Waals surface area (Å²) in [6.45, 7) is 6.62. The molecule has 3 rings (SSSR count). The summed E-state index contributed by atoms with van der Waals surface area (Å²) < 4.78 is 6.46. The summed E-state index contributed by atoms with van der Waals surface area (Å²) in [5.74, 6) is 0.371. The largest absolute Gasteiger partial charge is 0.465 e. The van der Waals surface area contributed by atoms with Crippen molar-refractivity contribution in [2.24, 2.45) is 0 Å². The number of rotatable bonds is 6. The number of anilines is 1. The Hall–Kier alpha value is -2.48. The molecule has 0 atom stereocenters. The average Bonchev–Trinajstić information content (AvgIpc) is 3.03. The van der Waals surface area contributed by atoms with E-state index in [4.69, 9.17) is 4.74 Å². The Kier molecular flexibility index (Phi) is 5.37. The fourth-order valence-electron chi connectivity index (χ4n) is 2.79. The van der Waals surface area contributed by atoms with E-state index in [1.165, 1.54) is 10.4 Å². The number of carbonyl (C=O) groups excluding carboxylic acids is 1. The first-order valence-electron chi connectivity index (χ1n) is 8.19. The number of carbonyl (C=O) groups is 1. The average molecular weight is 330 g/mol. The molecule has 1 aliphatic rings. The number of benzene rings is 1. The summed E-state index contributed by atoms with van der Waals surface area (Å²) in [5.41, 5.74) is 1.25. The highest BCUT2D eigenvalue weighted by Gasteiger charge is 2.20. The lowest BCUT2D eigenvalue weighted by atomic mass is 10.2. The zero-order valence-electron chi connectivity index (χ0n) is 13.8. The summed E-state index contributed by atoms with van der Waals surface area (Å²) in [6.07, 6.45) is 0. The van der Waals surface area contributed by atoms with Crippen molar-refractivity contribution in [3.63, 3.8) is 0 Å². The van der Waals surface area contributed by atoms with E-state index in [1.807, 2.05) is 6.07 Å². The van der Waals surface area contributed by atoms with Crippen LogP contribution >= 0.6 is 0 Å². The smallest absolute Gasteiger partial charge is 0.327 e. The molecule has 8 nitrogen and oxygen atoms in total. The van der Waals surface area contributed by atoms with Crippen molar-refractivity contribution in [2.75, 3.05) is 37.7 Å². The fourth-order valence-corrected chi connectivity index (χ4v) is 2.79. The van der Waals surface area contributed by atoms with Crippen LogP contribution in [0, 0.1) is 0 Å². The van der Waals surface area contributed by atoms with Gasteiger partial charge < -0.3 is 9.64 Å². The molecule has 0 aliphatic carbocycles. The minimum atomic E-state index is -0.319. The first-order chi connectivity index (χ1) is 11.8. The molecule has 0 saturated carbocycles. The third kappa shape index (κ3) is 4.08. The molecular formula is C16H22N6O2. The Bertz CT molecular complexity index is 652. The highest BCUT2D eigenvalue weighted by molar-refractivity contribution is 5.69. The molecule has 1 aromatic heterocycles. The van der Waals surface area contributed by atoms with Crippen LogP contribution in [0.3, 0.4) is 0 Å². The molecular weight excluding hydrogens is 308 g/mol. The van der Waals surface area contributed by atoms with Gasteiger partial charge in [0.25, 0.3) is 0 Å². The van der Waals surface area contributed by atoms with Crippen molar-refractivity contribution < 1.29 is 9.53 Å². The van der Waals surface area contributed by atoms with Crippen LogP contribution < -0.4 is 4.90 Å². The van der Waals surface area contributed by atoms with Gasteiger partial charge in [0, 0.05) is 31.9 Å². The highest BCUT2D eigenvalue weighted by Crippen LogP contribution is 2.16. The standard InChI is InChI=1S/C16H22N6O2/c1-2-24-16(23)13-22-15(17-18-19-22)12-20-8-10-21(11-9-20)14-6-4-3-5-7-14/h3-7H,2,8-13H2,1H3. The number of nitrogens with zero attached hydrogens (tertiary/aromatic N) is 6. The topological polar surface area (TPSA) is 76.4 Å². The maximum absolute atomic E-state index is 11.6. The monoisotopic (exact) mass is 330 g/mol. The van der Waals surface area contributed by atoms with Crippen LogP contribution in [0.4, 0.5) is 5.69 Å². The maximum Gasteiger partial charge on any atom is 0.327 e. The molecule has 2 heterocycles. The summed E-state index contributed by atoms with van der Waals surface area (Å²) in [5, 5.41) is 11.6. The van der Waals surface area contributed by atoms with Crippen LogP contribution in [0.5, 0.6) is 0 Å². The van der Waals surface area contributed by atoms with Gasteiger partial charge in [0.2, 0.25) is 0 Å². The van der Waals surface area contributed by atoms with Gasteiger partial charge in [-0.1, -0.05) is 18.2 Å². The predicted octanol–water partition coefficient (Wildman–Crippen LogP) is 0.558. The van der Waals surface area contributed by atoms with E-state index in [0.717, 1.165) is 26.2 Å². The lowest BCUT2D eigenvalue weighted by Gasteiger charge is -2.35. The molecule has 24 heavy (non-hydrogen) atoms. The highest BCUT2D eigenvalue weighted by atomic mass is 16.5. The Labute approximate surface area is 141 Å². The molecule has 0 spiro atoms. The second-order valence-corrected chi connectivity index (χ2v) is 5.66. The van der Waals surface area contributed by atoms with E-state index < -0.39 is 0 Å². The van der Waals surface area contributed by atoms with E-state index >= 15 is 0 Å². The molecule has 0 unspecified atom stereocenters. The third-order valence-corrected chi connectivity index (χ3v) is 4.05. The van der Waals surface area contributed by atoms with E-state index in [2.05, 4.69) is 49.6 Å². The molecule has 0 amide bonds. The molecule has 1 fully saturated rings. The summed E-state index contributed by atoms with van der Waals surface area (Å²) in [6, 6.07) is 10.4. The van der Waals surface area contributed by atoms with Gasteiger partial charge in [-0.05, 0) is 29.5 Å². The molecule has 0 radical (unpaired) electrons. The molecule has 1 aliphatic heterocycles. The Morgan fingerprint density at radius 3 is 2.62 bits per heavy atom. The van der Waals surface area contributed by atoms with E-state index in [0.29, 0.717) is 19.0 Å². The zero-order chi connectivity index (χ0) is 16.8. The summed E-state index contributed by atoms with van der Waals surface area (Å²) in [7, 11) is 0. The molecule has 2 aromatic rings. The number of hydrogen-bond donors (Lipinski definition) is 0. The number of hydrogen-bond acceptors (Lipinski definition) is 7. The molecule has 1 aromatic carbocycles. The number of para-hydroxylation sites is 1. The molecule has 8 heteroatoms. The maximum atomic E-state index is 11.6. The third-order valence-electron chi connectivity index (χ3n) is 4.05. The van der Waals surface area contributed by atoms with Crippen molar-refractivity contribution in [3.05, 3.63) is 36.2 Å². The van der Waals surface area contributed by atoms with Gasteiger partial charge in [-0.2, -0.15) is 0 Å². The minimum absolute atomic E-state index is 0.0557. The van der Waals surface area contributed by atoms with Gasteiger partial charge in [0.15, 0.2) is 5.82 Å². The first kappa shape index (κ1) is 16.4. The number of aromatic nitrogens is 4. The van der Waals surface area contributed by atoms with Crippen molar-refractivity contribution >= 4 is 11.7 Å². The predicted molar refractivity (Wildman–Crippen MR) is 88.4 cm³/mol. The quantitative estimate of drug-likeness (QED) is 0.716. The van der Waals surface area contributed by atoms with Crippen LogP contribution in [-0.2, 0) is 22.6 Å². The van der Waals surface area contributed by atoms with E-state index in [9.17, 15) is 4.79 Å². The lowest BCUT2D eigenvalue weighted by molar-refractivity contribution is -0.144. The van der Waals surface area contributed by atoms with Crippen molar-refractivity contribution in [2.45, 2.75) is 20.0 Å². The molecule has 128 valence electrons. The first-order valence-corrected chi connectivity index (χ1v) is 8.19. The van der Waals surface area contributed by atoms with E-state index in [-0.39, 0.29) is 12.5 Å². The fraction of sp³-hybridized carbons (Fsp3) is 0.500. The number of tetrazole rings is 1. The summed E-state index contributed by atoms with van der Waals surface area (Å²) in [4.78, 5) is 16.3. The molecule has 1 saturated heterocycles. The minimum Gasteiger partial charge on any atom is -0.465 e. The number of esters is 1. The van der Waals surface area contributed by atoms with Crippen molar-refractivity contribution in [1.82, 2.24) is 25.1 Å². The van der Waals surface area contributed by atoms with Gasteiger partial charge >= 0.3 is 5.97 Å². The molecule has 0 N–H and O–H groups in total. The SMILES string of the molecule is CCOC(=O)Cn1nnnc1CN1CCN(c2ccccc2)CC1. The zero-order valence-corrected chi connectivity index (χ0v) is 13.8. The van der Waals surface area contributed by atoms with Crippen LogP contribution in [-0.4, -0.2) is 63.9 Å². The van der Waals surface area contributed by atoms with Crippen LogP contribution in [0.2, 0.25) is 0 Å². The van der Waals surface area contributed by atoms with Gasteiger partial charge in [0.05, 0.1) is 13.2 Å². The Morgan fingerprint density at radius 2 is 1.92 bits per heavy atom. The van der Waals surface area contributed by atoms with Crippen molar-refractivity contribution in [1.29, 1.82) is 0 Å². The summed E-state index contributed by atoms with van der Waals surface area (Å²) >= 11 is 0. The Morgan fingerprint density at radius 1 is 1.17 bits per heavy atom. The van der Waals surface area contributed by atoms with Gasteiger partial charge in [0.1, 0.15) is 6.54 Å². The number of ether oxygens (including phenoxy) is 1.